The van der Waals surface area contributed by atoms with Crippen molar-refractivity contribution < 1.29 is 23.1 Å². The number of aliphatic hydroxyl groups is 1. The second-order valence-corrected chi connectivity index (χ2v) is 13.5. The van der Waals surface area contributed by atoms with Crippen LogP contribution in [0, 0.1) is 0 Å². The summed E-state index contributed by atoms with van der Waals surface area (Å²) in [6, 6.07) is 22.3. The van der Waals surface area contributed by atoms with Gasteiger partial charge in [0.25, 0.3) is 11.8 Å². The van der Waals surface area contributed by atoms with Crippen molar-refractivity contribution in [1.82, 2.24) is 20.9 Å². The van der Waals surface area contributed by atoms with Gasteiger partial charge in [-0.3, -0.25) is 14.3 Å². The topological polar surface area (TPSA) is 140 Å². The lowest BCUT2D eigenvalue weighted by molar-refractivity contribution is 0.0829. The number of hydrogen-bond donors (Lipinski definition) is 5. The molecule has 0 aromatic heterocycles. The minimum atomic E-state index is -3.68. The summed E-state index contributed by atoms with van der Waals surface area (Å²) in [5, 5.41) is 20.4. The van der Waals surface area contributed by atoms with Crippen molar-refractivity contribution in [2.24, 2.45) is 0 Å². The fourth-order valence-corrected chi connectivity index (χ4v) is 5.97. The van der Waals surface area contributed by atoms with E-state index >= 15 is 0 Å². The third-order valence-electron chi connectivity index (χ3n) is 7.99. The predicted molar refractivity (Wildman–Crippen MR) is 178 cm³/mol. The number of benzene rings is 3. The van der Waals surface area contributed by atoms with Gasteiger partial charge in [-0.25, -0.2) is 8.42 Å². The number of nitrogens with zero attached hydrogens (tertiary/aromatic N) is 1. The quantitative estimate of drug-likeness (QED) is 0.152. The molecule has 1 aliphatic heterocycles. The maximum absolute atomic E-state index is 13.7. The lowest BCUT2D eigenvalue weighted by Gasteiger charge is -2.25. The molecule has 45 heavy (non-hydrogen) atoms. The molecular formula is C34H45N5O5S. The van der Waals surface area contributed by atoms with Gasteiger partial charge in [0.1, 0.15) is 0 Å². The Hall–Kier alpha value is -3.77. The number of rotatable bonds is 16. The number of aliphatic hydroxyl groups excluding tert-OH is 1. The van der Waals surface area contributed by atoms with Gasteiger partial charge < -0.3 is 26.0 Å². The van der Waals surface area contributed by atoms with E-state index in [0.717, 1.165) is 37.3 Å². The first kappa shape index (κ1) is 34.1. The highest BCUT2D eigenvalue weighted by Crippen LogP contribution is 2.20. The minimum absolute atomic E-state index is 0.0936. The van der Waals surface area contributed by atoms with Crippen LogP contribution in [-0.4, -0.2) is 80.9 Å². The van der Waals surface area contributed by atoms with Gasteiger partial charge in [0.15, 0.2) is 0 Å². The minimum Gasteiger partial charge on any atom is -0.390 e. The van der Waals surface area contributed by atoms with Gasteiger partial charge in [-0.2, -0.15) is 0 Å². The molecule has 3 unspecified atom stereocenters. The predicted octanol–water partition coefficient (Wildman–Crippen LogP) is 3.33. The van der Waals surface area contributed by atoms with Gasteiger partial charge >= 0.3 is 0 Å². The van der Waals surface area contributed by atoms with E-state index in [2.05, 4.69) is 25.6 Å². The van der Waals surface area contributed by atoms with E-state index in [9.17, 15) is 23.1 Å². The first-order valence-corrected chi connectivity index (χ1v) is 17.3. The van der Waals surface area contributed by atoms with Crippen LogP contribution in [0.3, 0.4) is 0 Å². The van der Waals surface area contributed by atoms with Crippen molar-refractivity contribution in [3.05, 3.63) is 101 Å². The van der Waals surface area contributed by atoms with Crippen molar-refractivity contribution in [2.45, 2.75) is 51.3 Å². The third kappa shape index (κ3) is 10.7. The first-order valence-electron chi connectivity index (χ1n) is 15.6. The molecule has 2 amide bonds. The van der Waals surface area contributed by atoms with Crippen LogP contribution < -0.4 is 20.7 Å². The van der Waals surface area contributed by atoms with Crippen LogP contribution in [0.1, 0.15) is 64.6 Å². The molecule has 1 aliphatic rings. The molecule has 0 spiro atoms. The van der Waals surface area contributed by atoms with E-state index in [1.165, 1.54) is 38.0 Å². The molecule has 3 aromatic carbocycles. The van der Waals surface area contributed by atoms with Crippen molar-refractivity contribution in [3.63, 3.8) is 0 Å². The Morgan fingerprint density at radius 1 is 0.889 bits per heavy atom. The summed E-state index contributed by atoms with van der Waals surface area (Å²) in [5.74, 6) is -1.16. The van der Waals surface area contributed by atoms with Gasteiger partial charge in [-0.15, -0.1) is 0 Å². The average molecular weight is 636 g/mol. The number of sulfonamides is 1. The summed E-state index contributed by atoms with van der Waals surface area (Å²) < 4.78 is 27.3. The van der Waals surface area contributed by atoms with Crippen LogP contribution in [0.4, 0.5) is 5.69 Å². The van der Waals surface area contributed by atoms with Crippen LogP contribution in [0.2, 0.25) is 0 Å². The Labute approximate surface area is 266 Å². The van der Waals surface area contributed by atoms with Gasteiger partial charge in [-0.1, -0.05) is 60.7 Å². The number of carbonyl (C=O) groups excluding carboxylic acids is 2. The molecule has 242 valence electrons. The fourth-order valence-electron chi connectivity index (χ4n) is 5.34. The first-order chi connectivity index (χ1) is 21.6. The summed E-state index contributed by atoms with van der Waals surface area (Å²) in [7, 11) is -3.68. The molecule has 1 heterocycles. The van der Waals surface area contributed by atoms with Crippen molar-refractivity contribution in [1.29, 1.82) is 0 Å². The van der Waals surface area contributed by atoms with Crippen molar-refractivity contribution in [3.8, 4) is 0 Å². The largest absolute Gasteiger partial charge is 0.390 e. The van der Waals surface area contributed by atoms with Crippen LogP contribution in [-0.2, 0) is 16.4 Å². The molecule has 5 N–H and O–H groups in total. The van der Waals surface area contributed by atoms with Crippen molar-refractivity contribution >= 4 is 27.5 Å². The molecule has 3 atom stereocenters. The number of nitrogens with one attached hydrogen (secondary N) is 4. The zero-order valence-corrected chi connectivity index (χ0v) is 26.9. The van der Waals surface area contributed by atoms with Crippen LogP contribution in [0.25, 0.3) is 0 Å². The lowest BCUT2D eigenvalue weighted by atomic mass is 10.00. The van der Waals surface area contributed by atoms with Crippen LogP contribution in [0.5, 0.6) is 0 Å². The molecule has 4 rings (SSSR count). The molecule has 3 aromatic rings. The highest BCUT2D eigenvalue weighted by atomic mass is 32.2. The Morgan fingerprint density at radius 3 is 2.11 bits per heavy atom. The molecule has 10 nitrogen and oxygen atoms in total. The Bertz CT molecular complexity index is 1500. The SMILES string of the molecule is CCS(=O)(=O)Nc1cc(C(=O)NC(C)c2ccccc2)cc(C(=O)NC(Cc2ccccc2)C(O)CNCCN2CCCC2)c1. The van der Waals surface area contributed by atoms with E-state index in [0.29, 0.717) is 6.42 Å². The molecular weight excluding hydrogens is 590 g/mol. The number of amides is 2. The highest BCUT2D eigenvalue weighted by Gasteiger charge is 2.24. The molecule has 0 bridgehead atoms. The van der Waals surface area contributed by atoms with E-state index in [1.54, 1.807) is 0 Å². The normalized spacial score (nSPS) is 15.6. The Kier molecular flexibility index (Phi) is 12.5. The molecule has 0 saturated carbocycles. The Balaban J connectivity index is 1.53. The molecule has 0 aliphatic carbocycles. The van der Waals surface area contributed by atoms with E-state index in [4.69, 9.17) is 0 Å². The van der Waals surface area contributed by atoms with Crippen molar-refractivity contribution in [2.75, 3.05) is 43.2 Å². The number of likely N-dealkylation sites (tertiary alicyclic amines) is 1. The maximum Gasteiger partial charge on any atom is 0.251 e. The van der Waals surface area contributed by atoms with Crippen LogP contribution in [0.15, 0.2) is 78.9 Å². The smallest absolute Gasteiger partial charge is 0.251 e. The van der Waals surface area contributed by atoms with Gasteiger partial charge in [0, 0.05) is 30.8 Å². The van der Waals surface area contributed by atoms with Gasteiger partial charge in [0.05, 0.1) is 29.6 Å². The lowest BCUT2D eigenvalue weighted by Crippen LogP contribution is -2.49. The molecule has 1 fully saturated rings. The Morgan fingerprint density at radius 2 is 1.49 bits per heavy atom. The van der Waals surface area contributed by atoms with E-state index in [1.807, 2.05) is 67.6 Å². The molecule has 1 saturated heterocycles. The highest BCUT2D eigenvalue weighted by molar-refractivity contribution is 7.92. The molecule has 0 radical (unpaired) electrons. The summed E-state index contributed by atoms with van der Waals surface area (Å²) in [5.41, 5.74) is 2.17. The summed E-state index contributed by atoms with van der Waals surface area (Å²) >= 11 is 0. The third-order valence-corrected chi connectivity index (χ3v) is 9.30. The maximum atomic E-state index is 13.7. The number of hydrogen-bond acceptors (Lipinski definition) is 7. The molecule has 11 heteroatoms. The van der Waals surface area contributed by atoms with Crippen LogP contribution >= 0.6 is 0 Å². The standard InChI is InChI=1S/C34H45N5O5S/c1-3-45(43,44)38-30-22-28(33(41)36-25(2)27-14-8-5-9-15-27)21-29(23-30)34(42)37-31(20-26-12-6-4-7-13-26)32(40)24-35-16-19-39-17-10-11-18-39/h4-9,12-15,21-23,25,31-32,35,38,40H,3,10-11,16-20,24H2,1-2H3,(H,36,41)(H,37,42). The van der Waals surface area contributed by atoms with E-state index < -0.39 is 34.0 Å². The fraction of sp³-hybridized carbons (Fsp3) is 0.412. The zero-order chi connectivity index (χ0) is 32.2. The summed E-state index contributed by atoms with van der Waals surface area (Å²) in [6.07, 6.45) is 1.91. The van der Waals surface area contributed by atoms with Gasteiger partial charge in [0.2, 0.25) is 10.0 Å². The second kappa shape index (κ2) is 16.5. The zero-order valence-electron chi connectivity index (χ0n) is 26.0. The second-order valence-electron chi connectivity index (χ2n) is 11.5. The van der Waals surface area contributed by atoms with Gasteiger partial charge in [-0.05, 0) is 75.5 Å². The number of anilines is 1. The summed E-state index contributed by atoms with van der Waals surface area (Å²) in [6.45, 7) is 7.44. The monoisotopic (exact) mass is 635 g/mol. The number of carbonyl (C=O) groups is 2. The summed E-state index contributed by atoms with van der Waals surface area (Å²) in [4.78, 5) is 29.4. The average Bonchev–Trinajstić information content (AvgIpc) is 3.57. The van der Waals surface area contributed by atoms with E-state index in [-0.39, 0.29) is 35.2 Å².